The molecule has 0 aromatic carbocycles. The lowest BCUT2D eigenvalue weighted by Crippen LogP contribution is -2.37. The van der Waals surface area contributed by atoms with Gasteiger partial charge in [-0.15, -0.1) is 21.5 Å². The number of thiophene rings is 2. The van der Waals surface area contributed by atoms with Gasteiger partial charge in [0.05, 0.1) is 19.6 Å². The highest BCUT2D eigenvalue weighted by Crippen LogP contribution is 2.08. The van der Waals surface area contributed by atoms with E-state index in [0.717, 1.165) is 24.2 Å². The molecule has 0 aliphatic heterocycles. The molecule has 0 spiro atoms. The second kappa shape index (κ2) is 8.07. The van der Waals surface area contributed by atoms with E-state index in [2.05, 4.69) is 60.2 Å². The molecule has 24 heavy (non-hydrogen) atoms. The van der Waals surface area contributed by atoms with Gasteiger partial charge in [-0.05, 0) is 40.8 Å². The van der Waals surface area contributed by atoms with Crippen molar-refractivity contribution >= 4 is 28.6 Å². The van der Waals surface area contributed by atoms with Gasteiger partial charge in [0.2, 0.25) is 0 Å². The molecule has 0 radical (unpaired) electrons. The second-order valence-corrected chi connectivity index (χ2v) is 7.12. The second-order valence-electron chi connectivity index (χ2n) is 5.31. The molecule has 0 atom stereocenters. The topological polar surface area (TPSA) is 67.1 Å². The fourth-order valence-electron chi connectivity index (χ4n) is 2.08. The minimum absolute atomic E-state index is 0.581. The number of hydrogen-bond donors (Lipinski definition) is 2. The van der Waals surface area contributed by atoms with Crippen LogP contribution in [0.25, 0.3) is 0 Å². The lowest BCUT2D eigenvalue weighted by molar-refractivity contribution is 0.715. The Bertz CT molecular complexity index is 774. The van der Waals surface area contributed by atoms with Crippen LogP contribution >= 0.6 is 22.7 Å². The van der Waals surface area contributed by atoms with E-state index in [-0.39, 0.29) is 0 Å². The quantitative estimate of drug-likeness (QED) is 0.524. The molecule has 126 valence electrons. The van der Waals surface area contributed by atoms with Crippen LogP contribution in [-0.4, -0.2) is 20.7 Å². The Kier molecular flexibility index (Phi) is 5.60. The van der Waals surface area contributed by atoms with Gasteiger partial charge in [0.1, 0.15) is 5.82 Å². The van der Waals surface area contributed by atoms with E-state index in [0.29, 0.717) is 13.1 Å². The number of rotatable bonds is 6. The van der Waals surface area contributed by atoms with Crippen LogP contribution in [0.2, 0.25) is 0 Å². The Balaban J connectivity index is 1.63. The summed E-state index contributed by atoms with van der Waals surface area (Å²) in [5.74, 6) is 2.55. The summed E-state index contributed by atoms with van der Waals surface area (Å²) in [6.45, 7) is 3.93. The molecule has 3 aromatic rings. The Morgan fingerprint density at radius 1 is 1.21 bits per heavy atom. The molecule has 0 amide bonds. The maximum atomic E-state index is 4.67. The molecule has 0 fully saturated rings. The summed E-state index contributed by atoms with van der Waals surface area (Å²) < 4.78 is 1.97. The highest BCUT2D eigenvalue weighted by atomic mass is 32.1. The van der Waals surface area contributed by atoms with Gasteiger partial charge in [0.15, 0.2) is 11.8 Å². The van der Waals surface area contributed by atoms with Crippen LogP contribution in [0, 0.1) is 6.92 Å². The van der Waals surface area contributed by atoms with Crippen molar-refractivity contribution in [1.29, 1.82) is 0 Å². The van der Waals surface area contributed by atoms with E-state index < -0.39 is 0 Å². The Labute approximate surface area is 149 Å². The molecular formula is C16H20N6S2. The summed E-state index contributed by atoms with van der Waals surface area (Å²) in [6.07, 6.45) is 0. The van der Waals surface area contributed by atoms with Crippen LogP contribution in [0.4, 0.5) is 0 Å². The summed E-state index contributed by atoms with van der Waals surface area (Å²) in [4.78, 5) is 5.94. The molecule has 0 saturated heterocycles. The molecule has 0 unspecified atom stereocenters. The summed E-state index contributed by atoms with van der Waals surface area (Å²) in [5.41, 5.74) is 1.21. The van der Waals surface area contributed by atoms with E-state index in [9.17, 15) is 0 Å². The third-order valence-corrected chi connectivity index (χ3v) is 5.22. The van der Waals surface area contributed by atoms with E-state index in [1.54, 1.807) is 22.7 Å². The average molecular weight is 361 g/mol. The standard InChI is InChI=1S/C16H20N6S2/c1-12-20-21-15(22(12)2)10-19-16(17-8-13-5-7-23-11-13)18-9-14-4-3-6-24-14/h3-7,11H,8-10H2,1-2H3,(H2,17,18,19). The first-order valence-corrected chi connectivity index (χ1v) is 9.45. The van der Waals surface area contributed by atoms with Crippen molar-refractivity contribution in [2.75, 3.05) is 0 Å². The maximum Gasteiger partial charge on any atom is 0.192 e. The minimum Gasteiger partial charge on any atom is -0.351 e. The van der Waals surface area contributed by atoms with Gasteiger partial charge in [0.25, 0.3) is 0 Å². The molecule has 3 heterocycles. The zero-order chi connectivity index (χ0) is 16.8. The Morgan fingerprint density at radius 3 is 2.75 bits per heavy atom. The van der Waals surface area contributed by atoms with Crippen molar-refractivity contribution < 1.29 is 0 Å². The monoisotopic (exact) mass is 360 g/mol. The lowest BCUT2D eigenvalue weighted by atomic mass is 10.3. The van der Waals surface area contributed by atoms with Crippen LogP contribution in [0.15, 0.2) is 39.3 Å². The fourth-order valence-corrected chi connectivity index (χ4v) is 3.38. The Hall–Kier alpha value is -2.19. The summed E-state index contributed by atoms with van der Waals surface area (Å²) >= 11 is 3.42. The predicted octanol–water partition coefficient (Wildman–Crippen LogP) is 2.68. The third-order valence-electron chi connectivity index (χ3n) is 3.61. The zero-order valence-electron chi connectivity index (χ0n) is 13.7. The number of guanidine groups is 1. The van der Waals surface area contributed by atoms with Crippen molar-refractivity contribution in [2.45, 2.75) is 26.6 Å². The minimum atomic E-state index is 0.581. The van der Waals surface area contributed by atoms with E-state index in [1.165, 1.54) is 10.4 Å². The first-order chi connectivity index (χ1) is 11.7. The van der Waals surface area contributed by atoms with Crippen LogP contribution in [0.3, 0.4) is 0 Å². The van der Waals surface area contributed by atoms with Crippen molar-refractivity contribution in [3.63, 3.8) is 0 Å². The summed E-state index contributed by atoms with van der Waals surface area (Å²) in [7, 11) is 1.97. The lowest BCUT2D eigenvalue weighted by Gasteiger charge is -2.12. The van der Waals surface area contributed by atoms with Crippen LogP contribution in [0.5, 0.6) is 0 Å². The van der Waals surface area contributed by atoms with E-state index in [1.807, 2.05) is 18.5 Å². The van der Waals surface area contributed by atoms with Crippen LogP contribution < -0.4 is 10.6 Å². The summed E-state index contributed by atoms with van der Waals surface area (Å²) in [6, 6.07) is 6.26. The molecular weight excluding hydrogens is 340 g/mol. The highest BCUT2D eigenvalue weighted by molar-refractivity contribution is 7.09. The van der Waals surface area contributed by atoms with Gasteiger partial charge in [-0.25, -0.2) is 4.99 Å². The number of nitrogens with zero attached hydrogens (tertiary/aromatic N) is 4. The molecule has 6 nitrogen and oxygen atoms in total. The number of nitrogens with one attached hydrogen (secondary N) is 2. The number of aryl methyl sites for hydroxylation is 1. The Morgan fingerprint density at radius 2 is 2.08 bits per heavy atom. The van der Waals surface area contributed by atoms with Crippen LogP contribution in [0.1, 0.15) is 22.1 Å². The number of hydrogen-bond acceptors (Lipinski definition) is 5. The first-order valence-electron chi connectivity index (χ1n) is 7.63. The molecule has 8 heteroatoms. The summed E-state index contributed by atoms with van der Waals surface area (Å²) in [5, 5.41) is 21.2. The van der Waals surface area contributed by atoms with Gasteiger partial charge < -0.3 is 15.2 Å². The van der Waals surface area contributed by atoms with Gasteiger partial charge in [0, 0.05) is 11.9 Å². The SMILES string of the molecule is Cc1nnc(CNC(=NCc2ccsc2)NCc2cccs2)n1C. The van der Waals surface area contributed by atoms with Gasteiger partial charge >= 0.3 is 0 Å². The average Bonchev–Trinajstić information content (AvgIpc) is 3.33. The van der Waals surface area contributed by atoms with Crippen molar-refractivity contribution in [1.82, 2.24) is 25.4 Å². The fraction of sp³-hybridized carbons (Fsp3) is 0.312. The first kappa shape index (κ1) is 16.7. The van der Waals surface area contributed by atoms with Gasteiger partial charge in [-0.1, -0.05) is 6.07 Å². The zero-order valence-corrected chi connectivity index (χ0v) is 15.3. The number of aliphatic imine (C=N–C) groups is 1. The van der Waals surface area contributed by atoms with E-state index in [4.69, 9.17) is 0 Å². The van der Waals surface area contributed by atoms with Crippen LogP contribution in [-0.2, 0) is 26.7 Å². The molecule has 0 bridgehead atoms. The van der Waals surface area contributed by atoms with E-state index >= 15 is 0 Å². The maximum absolute atomic E-state index is 4.67. The van der Waals surface area contributed by atoms with Crippen molar-refractivity contribution in [3.8, 4) is 0 Å². The van der Waals surface area contributed by atoms with Crippen molar-refractivity contribution in [3.05, 3.63) is 56.4 Å². The molecule has 3 aromatic heterocycles. The molecule has 0 saturated carbocycles. The van der Waals surface area contributed by atoms with Gasteiger partial charge in [-0.3, -0.25) is 0 Å². The number of aromatic nitrogens is 3. The van der Waals surface area contributed by atoms with Crippen molar-refractivity contribution in [2.24, 2.45) is 12.0 Å². The molecule has 2 N–H and O–H groups in total. The smallest absolute Gasteiger partial charge is 0.192 e. The molecule has 3 rings (SSSR count). The third kappa shape index (κ3) is 4.42. The largest absolute Gasteiger partial charge is 0.351 e. The molecule has 0 aliphatic carbocycles. The predicted molar refractivity (Wildman–Crippen MR) is 99.2 cm³/mol. The normalized spacial score (nSPS) is 11.7. The molecule has 0 aliphatic rings. The van der Waals surface area contributed by atoms with Gasteiger partial charge in [-0.2, -0.15) is 11.3 Å². The highest BCUT2D eigenvalue weighted by Gasteiger charge is 2.06.